The van der Waals surface area contributed by atoms with Gasteiger partial charge in [0.15, 0.2) is 11.5 Å². The van der Waals surface area contributed by atoms with Crippen LogP contribution in [0.1, 0.15) is 36.0 Å². The van der Waals surface area contributed by atoms with Crippen LogP contribution in [0.5, 0.6) is 11.5 Å². The third-order valence-corrected chi connectivity index (χ3v) is 3.71. The van der Waals surface area contributed by atoms with Gasteiger partial charge in [-0.15, -0.1) is 0 Å². The van der Waals surface area contributed by atoms with E-state index in [0.717, 1.165) is 12.8 Å². The minimum atomic E-state index is -1.15. The van der Waals surface area contributed by atoms with Gasteiger partial charge >= 0.3 is 5.97 Å². The van der Waals surface area contributed by atoms with Crippen LogP contribution in [0.4, 0.5) is 0 Å². The molecule has 2 N–H and O–H groups in total. The van der Waals surface area contributed by atoms with Gasteiger partial charge in [0.25, 0.3) is 0 Å². The van der Waals surface area contributed by atoms with Crippen LogP contribution in [0, 0.1) is 0 Å². The number of ether oxygens (including phenoxy) is 2. The van der Waals surface area contributed by atoms with Crippen LogP contribution >= 0.6 is 11.6 Å². The van der Waals surface area contributed by atoms with E-state index in [2.05, 4.69) is 0 Å². The second-order valence-corrected chi connectivity index (χ2v) is 5.45. The number of aliphatic hydroxyl groups is 1. The number of carbonyl (C=O) groups is 1. The topological polar surface area (TPSA) is 76.0 Å². The van der Waals surface area contributed by atoms with Crippen LogP contribution in [0.3, 0.4) is 0 Å². The summed E-state index contributed by atoms with van der Waals surface area (Å²) < 4.78 is 10.7. The summed E-state index contributed by atoms with van der Waals surface area (Å²) in [5, 5.41) is 19.7. The molecule has 0 amide bonds. The van der Waals surface area contributed by atoms with Crippen LogP contribution in [0.2, 0.25) is 5.02 Å². The van der Waals surface area contributed by atoms with Gasteiger partial charge in [0.05, 0.1) is 12.7 Å². The molecule has 0 atom stereocenters. The lowest BCUT2D eigenvalue weighted by molar-refractivity contribution is 0.000212. The van der Waals surface area contributed by atoms with Gasteiger partial charge in [0, 0.05) is 11.1 Å². The molecule has 1 saturated carbocycles. The predicted molar refractivity (Wildman–Crippen MR) is 73.9 cm³/mol. The summed E-state index contributed by atoms with van der Waals surface area (Å²) in [6, 6.07) is 2.79. The highest BCUT2D eigenvalue weighted by atomic mass is 35.5. The van der Waals surface area contributed by atoms with E-state index in [0.29, 0.717) is 12.8 Å². The van der Waals surface area contributed by atoms with Gasteiger partial charge in [-0.25, -0.2) is 4.79 Å². The first-order valence-electron chi connectivity index (χ1n) is 6.41. The second kappa shape index (κ2) is 5.89. The number of rotatable bonds is 5. The number of halogens is 1. The summed E-state index contributed by atoms with van der Waals surface area (Å²) in [5.41, 5.74) is -0.962. The fraction of sp³-hybridized carbons (Fsp3) is 0.500. The maximum absolute atomic E-state index is 11.3. The van der Waals surface area contributed by atoms with E-state index in [1.54, 1.807) is 0 Å². The van der Waals surface area contributed by atoms with E-state index >= 15 is 0 Å². The monoisotopic (exact) mass is 300 g/mol. The lowest BCUT2D eigenvalue weighted by Crippen LogP contribution is -2.32. The van der Waals surface area contributed by atoms with Crippen LogP contribution in [0.25, 0.3) is 0 Å². The highest BCUT2D eigenvalue weighted by molar-refractivity contribution is 6.31. The molecule has 1 aliphatic rings. The molecule has 1 aromatic rings. The van der Waals surface area contributed by atoms with E-state index in [4.69, 9.17) is 21.1 Å². The summed E-state index contributed by atoms with van der Waals surface area (Å²) in [4.78, 5) is 11.3. The number of benzene rings is 1. The first-order valence-corrected chi connectivity index (χ1v) is 6.79. The number of methoxy groups -OCH3 is 1. The van der Waals surface area contributed by atoms with Crippen molar-refractivity contribution < 1.29 is 24.5 Å². The SMILES string of the molecule is COc1cc(Cl)cc(C(=O)O)c1OCC1(O)CCCC1. The lowest BCUT2D eigenvalue weighted by atomic mass is 10.0. The molecule has 0 aromatic heterocycles. The number of hydrogen-bond donors (Lipinski definition) is 2. The van der Waals surface area contributed by atoms with Gasteiger partial charge < -0.3 is 19.7 Å². The molecule has 0 spiro atoms. The Morgan fingerprint density at radius 1 is 1.40 bits per heavy atom. The smallest absolute Gasteiger partial charge is 0.339 e. The van der Waals surface area contributed by atoms with E-state index in [1.165, 1.54) is 19.2 Å². The first kappa shape index (κ1) is 14.9. The molecular formula is C14H17ClO5. The van der Waals surface area contributed by atoms with Crippen molar-refractivity contribution in [3.63, 3.8) is 0 Å². The molecule has 6 heteroatoms. The van der Waals surface area contributed by atoms with Crippen molar-refractivity contribution in [3.05, 3.63) is 22.7 Å². The lowest BCUT2D eigenvalue weighted by Gasteiger charge is -2.23. The zero-order chi connectivity index (χ0) is 14.8. The Hall–Kier alpha value is -1.46. The van der Waals surface area contributed by atoms with Crippen molar-refractivity contribution in [2.75, 3.05) is 13.7 Å². The highest BCUT2D eigenvalue weighted by Crippen LogP contribution is 2.37. The molecule has 0 bridgehead atoms. The van der Waals surface area contributed by atoms with E-state index in [1.807, 2.05) is 0 Å². The molecule has 5 nitrogen and oxygen atoms in total. The Bertz CT molecular complexity index is 509. The highest BCUT2D eigenvalue weighted by Gasteiger charge is 2.33. The summed E-state index contributed by atoms with van der Waals surface area (Å²) >= 11 is 5.85. The maximum atomic E-state index is 11.3. The standard InChI is InChI=1S/C14H17ClO5/c1-19-11-7-9(15)6-10(13(16)17)12(11)20-8-14(18)4-2-3-5-14/h6-7,18H,2-5,8H2,1H3,(H,16,17). The van der Waals surface area contributed by atoms with Gasteiger partial charge in [0.2, 0.25) is 0 Å². The van der Waals surface area contributed by atoms with Crippen LogP contribution in [-0.2, 0) is 0 Å². The molecule has 1 aromatic carbocycles. The van der Waals surface area contributed by atoms with Crippen molar-refractivity contribution in [1.29, 1.82) is 0 Å². The third-order valence-electron chi connectivity index (χ3n) is 3.49. The summed E-state index contributed by atoms with van der Waals surface area (Å²) in [6.07, 6.45) is 3.21. The molecular weight excluding hydrogens is 284 g/mol. The van der Waals surface area contributed by atoms with E-state index < -0.39 is 11.6 Å². The van der Waals surface area contributed by atoms with Crippen LogP contribution in [-0.4, -0.2) is 35.5 Å². The number of aromatic carboxylic acids is 1. The van der Waals surface area contributed by atoms with Crippen molar-refractivity contribution >= 4 is 17.6 Å². The molecule has 0 aliphatic heterocycles. The fourth-order valence-electron chi connectivity index (χ4n) is 2.41. The normalized spacial score (nSPS) is 16.9. The Kier molecular flexibility index (Phi) is 4.40. The average molecular weight is 301 g/mol. The fourth-order valence-corrected chi connectivity index (χ4v) is 2.62. The van der Waals surface area contributed by atoms with Gasteiger partial charge in [-0.05, 0) is 18.9 Å². The van der Waals surface area contributed by atoms with Gasteiger partial charge in [-0.3, -0.25) is 0 Å². The molecule has 20 heavy (non-hydrogen) atoms. The van der Waals surface area contributed by atoms with Crippen LogP contribution in [0.15, 0.2) is 12.1 Å². The zero-order valence-corrected chi connectivity index (χ0v) is 11.9. The molecule has 0 saturated heterocycles. The summed E-state index contributed by atoms with van der Waals surface area (Å²) in [7, 11) is 1.41. The molecule has 0 heterocycles. The quantitative estimate of drug-likeness (QED) is 0.874. The van der Waals surface area contributed by atoms with Crippen molar-refractivity contribution in [2.45, 2.75) is 31.3 Å². The molecule has 2 rings (SSSR count). The molecule has 1 fully saturated rings. The minimum Gasteiger partial charge on any atom is -0.493 e. The molecule has 110 valence electrons. The Labute approximate surface area is 122 Å². The Morgan fingerprint density at radius 2 is 2.05 bits per heavy atom. The Balaban J connectivity index is 2.27. The summed E-state index contributed by atoms with van der Waals surface area (Å²) in [5.74, 6) is -0.805. The van der Waals surface area contributed by atoms with Crippen LogP contribution < -0.4 is 9.47 Å². The second-order valence-electron chi connectivity index (χ2n) is 5.01. The zero-order valence-electron chi connectivity index (χ0n) is 11.2. The van der Waals surface area contributed by atoms with Gasteiger partial charge in [-0.2, -0.15) is 0 Å². The average Bonchev–Trinajstić information content (AvgIpc) is 2.83. The molecule has 0 unspecified atom stereocenters. The van der Waals surface area contributed by atoms with E-state index in [-0.39, 0.29) is 28.7 Å². The molecule has 0 radical (unpaired) electrons. The predicted octanol–water partition coefficient (Wildman–Crippen LogP) is 2.73. The van der Waals surface area contributed by atoms with Crippen molar-refractivity contribution in [2.24, 2.45) is 0 Å². The van der Waals surface area contributed by atoms with Crippen molar-refractivity contribution in [3.8, 4) is 11.5 Å². The maximum Gasteiger partial charge on any atom is 0.339 e. The Morgan fingerprint density at radius 3 is 2.60 bits per heavy atom. The largest absolute Gasteiger partial charge is 0.493 e. The summed E-state index contributed by atoms with van der Waals surface area (Å²) in [6.45, 7) is 0.0469. The first-order chi connectivity index (χ1) is 9.45. The third kappa shape index (κ3) is 3.16. The van der Waals surface area contributed by atoms with Gasteiger partial charge in [-0.1, -0.05) is 24.4 Å². The molecule has 1 aliphatic carbocycles. The number of hydrogen-bond acceptors (Lipinski definition) is 4. The number of carboxylic acid groups (broad SMARTS) is 1. The minimum absolute atomic E-state index is 0.0469. The van der Waals surface area contributed by atoms with Gasteiger partial charge in [0.1, 0.15) is 12.2 Å². The van der Waals surface area contributed by atoms with Crippen molar-refractivity contribution in [1.82, 2.24) is 0 Å². The van der Waals surface area contributed by atoms with E-state index in [9.17, 15) is 15.0 Å². The number of carboxylic acids is 1.